The summed E-state index contributed by atoms with van der Waals surface area (Å²) in [6.07, 6.45) is 6.90. The highest BCUT2D eigenvalue weighted by Gasteiger charge is 2.32. The molecule has 5 rings (SSSR count). The molecule has 0 aromatic carbocycles. The molecule has 9 nitrogen and oxygen atoms in total. The largest absolute Gasteiger partial charge is 0.358 e. The molecule has 0 spiro atoms. The molecular weight excluding hydrogens is 380 g/mol. The van der Waals surface area contributed by atoms with Gasteiger partial charge in [0.15, 0.2) is 5.76 Å². The van der Waals surface area contributed by atoms with Crippen LogP contribution >= 0.6 is 0 Å². The quantitative estimate of drug-likeness (QED) is 0.536. The first-order valence-electron chi connectivity index (χ1n) is 9.80. The molecule has 5 heterocycles. The van der Waals surface area contributed by atoms with Crippen LogP contribution in [0.5, 0.6) is 0 Å². The second-order valence-electron chi connectivity index (χ2n) is 7.10. The van der Waals surface area contributed by atoms with Crippen molar-refractivity contribution in [3.05, 3.63) is 66.6 Å². The molecule has 150 valence electrons. The number of anilines is 3. The molecule has 0 radical (unpaired) electrons. The summed E-state index contributed by atoms with van der Waals surface area (Å²) < 4.78 is 5.69. The minimum atomic E-state index is 0.0312. The summed E-state index contributed by atoms with van der Waals surface area (Å²) in [5.41, 5.74) is 2.39. The molecule has 1 aliphatic heterocycles. The second kappa shape index (κ2) is 7.86. The van der Waals surface area contributed by atoms with Crippen molar-refractivity contribution in [1.82, 2.24) is 30.1 Å². The van der Waals surface area contributed by atoms with Crippen LogP contribution in [0.3, 0.4) is 0 Å². The summed E-state index contributed by atoms with van der Waals surface area (Å²) in [7, 11) is 0. The number of rotatable bonds is 5. The lowest BCUT2D eigenvalue weighted by Gasteiger charge is -2.23. The molecule has 4 aromatic rings. The Morgan fingerprint density at radius 3 is 2.83 bits per heavy atom. The Balaban J connectivity index is 1.42. The molecule has 0 unspecified atom stereocenters. The van der Waals surface area contributed by atoms with Gasteiger partial charge in [0, 0.05) is 36.8 Å². The number of aromatic nitrogens is 6. The number of nitrogens with zero attached hydrogens (tertiary/aromatic N) is 7. The summed E-state index contributed by atoms with van der Waals surface area (Å²) in [4.78, 5) is 24.0. The van der Waals surface area contributed by atoms with Crippen LogP contribution in [0.4, 0.5) is 17.6 Å². The summed E-state index contributed by atoms with van der Waals surface area (Å²) in [6, 6.07) is 11.4. The first-order valence-corrected chi connectivity index (χ1v) is 9.80. The van der Waals surface area contributed by atoms with E-state index in [1.165, 1.54) is 6.33 Å². The molecule has 9 heteroatoms. The smallest absolute Gasteiger partial charge is 0.228 e. The van der Waals surface area contributed by atoms with Gasteiger partial charge in [0.05, 0.1) is 11.7 Å². The summed E-state index contributed by atoms with van der Waals surface area (Å²) in [5, 5.41) is 7.43. The number of nitrogens with one attached hydrogen (secondary N) is 1. The molecule has 1 N–H and O–H groups in total. The highest BCUT2D eigenvalue weighted by molar-refractivity contribution is 5.56. The average Bonchev–Trinajstić information content (AvgIpc) is 3.44. The van der Waals surface area contributed by atoms with Gasteiger partial charge >= 0.3 is 0 Å². The van der Waals surface area contributed by atoms with Crippen molar-refractivity contribution in [1.29, 1.82) is 0 Å². The molecule has 30 heavy (non-hydrogen) atoms. The SMILES string of the molecule is Cc1cc(Nc2ccncn2)nc(N2CCC[C@H]2c2cc(-c3ccccn3)no2)n1. The van der Waals surface area contributed by atoms with Crippen LogP contribution < -0.4 is 10.2 Å². The van der Waals surface area contributed by atoms with E-state index in [0.29, 0.717) is 17.6 Å². The Kier molecular flexibility index (Phi) is 4.76. The van der Waals surface area contributed by atoms with Gasteiger partial charge in [0.1, 0.15) is 23.7 Å². The Morgan fingerprint density at radius 2 is 2.00 bits per heavy atom. The molecule has 0 bridgehead atoms. The first-order chi connectivity index (χ1) is 14.8. The number of hydrogen-bond donors (Lipinski definition) is 1. The van der Waals surface area contributed by atoms with Gasteiger partial charge in [-0.2, -0.15) is 4.98 Å². The van der Waals surface area contributed by atoms with Crippen LogP contribution in [0.2, 0.25) is 0 Å². The molecule has 0 aliphatic carbocycles. The van der Waals surface area contributed by atoms with Crippen molar-refractivity contribution in [2.24, 2.45) is 0 Å². The fourth-order valence-corrected chi connectivity index (χ4v) is 3.62. The van der Waals surface area contributed by atoms with Crippen LogP contribution in [0, 0.1) is 6.92 Å². The molecule has 0 amide bonds. The van der Waals surface area contributed by atoms with Crippen LogP contribution in [0.25, 0.3) is 11.4 Å². The zero-order valence-electron chi connectivity index (χ0n) is 16.4. The summed E-state index contributed by atoms with van der Waals surface area (Å²) in [6.45, 7) is 2.80. The maximum Gasteiger partial charge on any atom is 0.228 e. The van der Waals surface area contributed by atoms with Gasteiger partial charge in [-0.25, -0.2) is 15.0 Å². The molecule has 1 aliphatic rings. The fourth-order valence-electron chi connectivity index (χ4n) is 3.62. The van der Waals surface area contributed by atoms with Crippen molar-refractivity contribution in [3.63, 3.8) is 0 Å². The van der Waals surface area contributed by atoms with Gasteiger partial charge in [0.25, 0.3) is 0 Å². The van der Waals surface area contributed by atoms with E-state index >= 15 is 0 Å². The van der Waals surface area contributed by atoms with E-state index in [1.54, 1.807) is 18.5 Å². The number of hydrogen-bond acceptors (Lipinski definition) is 9. The van der Waals surface area contributed by atoms with Crippen LogP contribution in [0.15, 0.2) is 59.6 Å². The maximum absolute atomic E-state index is 5.69. The van der Waals surface area contributed by atoms with Crippen molar-refractivity contribution >= 4 is 17.6 Å². The lowest BCUT2D eigenvalue weighted by atomic mass is 10.1. The van der Waals surface area contributed by atoms with E-state index in [-0.39, 0.29) is 6.04 Å². The van der Waals surface area contributed by atoms with Crippen molar-refractivity contribution in [2.75, 3.05) is 16.8 Å². The Bertz CT molecular complexity index is 1130. The molecule has 4 aromatic heterocycles. The highest BCUT2D eigenvalue weighted by Crippen LogP contribution is 2.36. The van der Waals surface area contributed by atoms with E-state index in [9.17, 15) is 0 Å². The van der Waals surface area contributed by atoms with Crippen molar-refractivity contribution in [2.45, 2.75) is 25.8 Å². The molecule has 1 fully saturated rings. The Labute approximate surface area is 173 Å². The van der Waals surface area contributed by atoms with Crippen molar-refractivity contribution < 1.29 is 4.52 Å². The Hall–Kier alpha value is -3.88. The third kappa shape index (κ3) is 3.69. The van der Waals surface area contributed by atoms with Gasteiger partial charge in [0.2, 0.25) is 5.95 Å². The fraction of sp³-hybridized carbons (Fsp3) is 0.238. The predicted molar refractivity (Wildman–Crippen MR) is 111 cm³/mol. The summed E-state index contributed by atoms with van der Waals surface area (Å²) >= 11 is 0. The third-order valence-electron chi connectivity index (χ3n) is 4.97. The van der Waals surface area contributed by atoms with E-state index in [1.807, 2.05) is 37.3 Å². The first kappa shape index (κ1) is 18.2. The molecular formula is C21H20N8O. The van der Waals surface area contributed by atoms with E-state index in [2.05, 4.69) is 35.3 Å². The zero-order chi connectivity index (χ0) is 20.3. The molecule has 1 saturated heterocycles. The normalized spacial score (nSPS) is 16.0. The minimum absolute atomic E-state index is 0.0312. The Morgan fingerprint density at radius 1 is 1.03 bits per heavy atom. The second-order valence-corrected chi connectivity index (χ2v) is 7.10. The van der Waals surface area contributed by atoms with Crippen LogP contribution in [0.1, 0.15) is 30.3 Å². The lowest BCUT2D eigenvalue weighted by Crippen LogP contribution is -2.25. The highest BCUT2D eigenvalue weighted by atomic mass is 16.5. The van der Waals surface area contributed by atoms with Gasteiger partial charge in [-0.1, -0.05) is 11.2 Å². The monoisotopic (exact) mass is 400 g/mol. The topological polar surface area (TPSA) is 106 Å². The summed E-state index contributed by atoms with van der Waals surface area (Å²) in [5.74, 6) is 2.82. The van der Waals surface area contributed by atoms with E-state index in [4.69, 9.17) is 9.51 Å². The molecule has 1 atom stereocenters. The molecule has 0 saturated carbocycles. The lowest BCUT2D eigenvalue weighted by molar-refractivity contribution is 0.362. The average molecular weight is 400 g/mol. The van der Waals surface area contributed by atoms with Gasteiger partial charge in [-0.15, -0.1) is 0 Å². The van der Waals surface area contributed by atoms with Gasteiger partial charge < -0.3 is 14.7 Å². The van der Waals surface area contributed by atoms with Crippen molar-refractivity contribution in [3.8, 4) is 11.4 Å². The van der Waals surface area contributed by atoms with Gasteiger partial charge in [-0.3, -0.25) is 4.98 Å². The standard InChI is InChI=1S/C21H20N8O/c1-14-11-20(26-19-7-9-22-13-24-19)27-21(25-14)29-10-4-6-17(29)18-12-16(28-30-18)15-5-2-3-8-23-15/h2-3,5,7-9,11-13,17H,4,6,10H2,1H3,(H,22,24,25,26,27)/t17-/m0/s1. The zero-order valence-corrected chi connectivity index (χ0v) is 16.4. The number of pyridine rings is 1. The minimum Gasteiger partial charge on any atom is -0.358 e. The van der Waals surface area contributed by atoms with E-state index < -0.39 is 0 Å². The number of aryl methyl sites for hydroxylation is 1. The van der Waals surface area contributed by atoms with E-state index in [0.717, 1.165) is 42.2 Å². The van der Waals surface area contributed by atoms with Crippen LogP contribution in [-0.4, -0.2) is 36.6 Å². The third-order valence-corrected chi connectivity index (χ3v) is 4.97. The maximum atomic E-state index is 5.69. The van der Waals surface area contributed by atoms with Crippen LogP contribution in [-0.2, 0) is 0 Å². The van der Waals surface area contributed by atoms with Gasteiger partial charge in [-0.05, 0) is 38.0 Å². The predicted octanol–water partition coefficient (Wildman–Crippen LogP) is 3.71.